The molecule has 0 saturated heterocycles. The van der Waals surface area contributed by atoms with E-state index in [1.165, 1.54) is 0 Å². The summed E-state index contributed by atoms with van der Waals surface area (Å²) < 4.78 is 52.5. The van der Waals surface area contributed by atoms with Gasteiger partial charge in [-0.25, -0.2) is 4.79 Å². The fourth-order valence-electron chi connectivity index (χ4n) is 5.37. The first-order valence-corrected chi connectivity index (χ1v) is 35.7. The lowest BCUT2D eigenvalue weighted by molar-refractivity contribution is 0.152. The van der Waals surface area contributed by atoms with Crippen LogP contribution in [-0.4, -0.2) is 64.4 Å². The molecule has 0 amide bonds. The maximum atomic E-state index is 11.3. The van der Waals surface area contributed by atoms with Crippen LogP contribution < -0.4 is 18.3 Å². The Morgan fingerprint density at radius 1 is 0.364 bits per heavy atom. The van der Waals surface area contributed by atoms with Gasteiger partial charge in [0.05, 0.1) is 0 Å². The van der Waals surface area contributed by atoms with Gasteiger partial charge in [-0.3, -0.25) is 0 Å². The molecule has 16 heteroatoms. The van der Waals surface area contributed by atoms with Gasteiger partial charge in [-0.2, -0.15) is 0 Å². The van der Waals surface area contributed by atoms with Gasteiger partial charge in [-0.1, -0.05) is 72.8 Å². The third-order valence-electron chi connectivity index (χ3n) is 6.62. The quantitative estimate of drug-likeness (QED) is 0.0652. The Balaban J connectivity index is 0.000000289. The monoisotopic (exact) mass is 858 g/mol. The first-order valence-electron chi connectivity index (χ1n) is 18.2. The number of rotatable bonds is 15. The van der Waals surface area contributed by atoms with Crippen molar-refractivity contribution in [2.75, 3.05) is 7.11 Å². The van der Waals surface area contributed by atoms with Crippen LogP contribution in [0.5, 0.6) is 23.0 Å². The zero-order valence-electron chi connectivity index (χ0n) is 35.1. The van der Waals surface area contributed by atoms with E-state index in [4.69, 9.17) is 39.2 Å². The van der Waals surface area contributed by atoms with Crippen molar-refractivity contribution in [1.29, 1.82) is 0 Å². The summed E-state index contributed by atoms with van der Waals surface area (Å²) in [6.45, 7) is 27.2. The summed E-state index contributed by atoms with van der Waals surface area (Å²) >= 11 is 0. The van der Waals surface area contributed by atoms with Crippen LogP contribution in [0.3, 0.4) is 0 Å². The van der Waals surface area contributed by atoms with E-state index in [0.717, 1.165) is 11.5 Å². The lowest BCUT2D eigenvalue weighted by atomic mass is 10.3. The molecule has 0 N–H and O–H groups in total. The van der Waals surface area contributed by atoms with Gasteiger partial charge in [0, 0.05) is 20.2 Å². The molecule has 302 valence electrons. The fourth-order valence-corrected chi connectivity index (χ4v) is 28.9. The second kappa shape index (κ2) is 21.4. The van der Waals surface area contributed by atoms with Gasteiger partial charge in [0.25, 0.3) is 0 Å². The van der Waals surface area contributed by atoms with Crippen molar-refractivity contribution in [1.82, 2.24) is 0 Å². The van der Waals surface area contributed by atoms with Crippen LogP contribution >= 0.6 is 0 Å². The number of ether oxygens (including phenoxy) is 2. The van der Waals surface area contributed by atoms with Crippen molar-refractivity contribution in [2.45, 2.75) is 85.1 Å². The second-order valence-electron chi connectivity index (χ2n) is 15.6. The third kappa shape index (κ3) is 22.3. The predicted molar refractivity (Wildman–Crippen MR) is 236 cm³/mol. The summed E-state index contributed by atoms with van der Waals surface area (Å²) in [6.07, 6.45) is -0.739. The van der Waals surface area contributed by atoms with E-state index in [0.29, 0.717) is 11.5 Å². The maximum Gasteiger partial charge on any atom is 0.519 e. The molecule has 0 heterocycles. The maximum absolute atomic E-state index is 11.3. The number of carbonyl (C=O) groups is 1. The molecule has 0 fully saturated rings. The predicted octanol–water partition coefficient (Wildman–Crippen LogP) is 11.5. The molecule has 0 spiro atoms. The molecule has 0 aliphatic carbocycles. The van der Waals surface area contributed by atoms with Crippen LogP contribution in [0.4, 0.5) is 4.79 Å². The van der Waals surface area contributed by atoms with E-state index in [2.05, 4.69) is 58.9 Å². The van der Waals surface area contributed by atoms with E-state index >= 15 is 0 Å². The minimum atomic E-state index is -2.32. The number of hydrogen-bond donors (Lipinski definition) is 0. The largest absolute Gasteiger partial charge is 0.519 e. The number of para-hydroxylation sites is 4. The van der Waals surface area contributed by atoms with Crippen LogP contribution in [0.2, 0.25) is 85.1 Å². The highest BCUT2D eigenvalue weighted by atomic mass is 28.5. The summed E-state index contributed by atoms with van der Waals surface area (Å²) in [5.74, 6) is 2.65. The Kier molecular flexibility index (Phi) is 18.7. The molecule has 0 saturated carbocycles. The van der Waals surface area contributed by atoms with E-state index in [-0.39, 0.29) is 0 Å². The van der Waals surface area contributed by atoms with Gasteiger partial charge in [-0.15, -0.1) is 0 Å². The Hall–Kier alpha value is -3.15. The summed E-state index contributed by atoms with van der Waals surface area (Å²) in [5.41, 5.74) is 0. The summed E-state index contributed by atoms with van der Waals surface area (Å²) in [4.78, 5) is 11.3. The lowest BCUT2D eigenvalue weighted by Crippen LogP contribution is -2.58. The summed E-state index contributed by atoms with van der Waals surface area (Å²) in [6, 6.07) is 37.1. The van der Waals surface area contributed by atoms with Gasteiger partial charge in [0.2, 0.25) is 0 Å². The van der Waals surface area contributed by atoms with Crippen molar-refractivity contribution in [2.24, 2.45) is 0 Å². The molecule has 4 aromatic rings. The molecule has 4 aromatic carbocycles. The molecular weight excluding hydrogens is 797 g/mol. The average Bonchev–Trinajstić information content (AvgIpc) is 3.04. The van der Waals surface area contributed by atoms with Crippen molar-refractivity contribution < 1.29 is 44.0 Å². The average molecular weight is 859 g/mol. The Morgan fingerprint density at radius 2 is 0.636 bits per heavy atom. The normalized spacial score (nSPS) is 12.3. The highest BCUT2D eigenvalue weighted by Crippen LogP contribution is 2.26. The van der Waals surface area contributed by atoms with Gasteiger partial charge in [-0.05, 0) is 121 Å². The van der Waals surface area contributed by atoms with E-state index in [1.807, 2.05) is 99.0 Å². The first kappa shape index (κ1) is 48.0. The van der Waals surface area contributed by atoms with Crippen molar-refractivity contribution >= 4 is 57.3 Å². The smallest absolute Gasteiger partial charge is 0.512 e. The SMILES string of the molecule is CO[Si](C)(C)O[Si](C)(C)O[Si](C)(C)O[Si](C)(C)O[Si](C)(C)C.C[Si](C)(Oc1ccccc1)Oc1ccccc1.O=C(Oc1ccccc1)Oc1ccccc1. The Morgan fingerprint density at radius 3 is 0.927 bits per heavy atom. The molecule has 0 radical (unpaired) electrons. The summed E-state index contributed by atoms with van der Waals surface area (Å²) in [7, 11) is -11.0. The zero-order chi connectivity index (χ0) is 41.4. The number of benzene rings is 4. The summed E-state index contributed by atoms with van der Waals surface area (Å²) in [5, 5.41) is 0. The molecule has 0 atom stereocenters. The highest BCUT2D eigenvalue weighted by Gasteiger charge is 2.45. The topological polar surface area (TPSA) is 100 Å². The van der Waals surface area contributed by atoms with Crippen LogP contribution in [0.15, 0.2) is 121 Å². The molecule has 55 heavy (non-hydrogen) atoms. The molecule has 0 unspecified atom stereocenters. The third-order valence-corrected chi connectivity index (χ3v) is 25.3. The highest BCUT2D eigenvalue weighted by molar-refractivity contribution is 6.89. The molecule has 0 aromatic heterocycles. The molecule has 0 aliphatic heterocycles. The Labute approximate surface area is 336 Å². The molecule has 0 aliphatic rings. The minimum absolute atomic E-state index is 0.462. The van der Waals surface area contributed by atoms with Crippen LogP contribution in [0, 0.1) is 0 Å². The van der Waals surface area contributed by atoms with Crippen LogP contribution in [0.25, 0.3) is 0 Å². The van der Waals surface area contributed by atoms with Crippen molar-refractivity contribution in [3.05, 3.63) is 121 Å². The van der Waals surface area contributed by atoms with E-state index in [1.54, 1.807) is 55.6 Å². The van der Waals surface area contributed by atoms with Gasteiger partial charge >= 0.3 is 49.0 Å². The van der Waals surface area contributed by atoms with E-state index in [9.17, 15) is 4.79 Å². The first-order chi connectivity index (χ1) is 25.4. The van der Waals surface area contributed by atoms with Crippen molar-refractivity contribution in [3.8, 4) is 23.0 Å². The van der Waals surface area contributed by atoms with Gasteiger partial charge < -0.3 is 39.2 Å². The van der Waals surface area contributed by atoms with Crippen molar-refractivity contribution in [3.63, 3.8) is 0 Å². The standard InChI is InChI=1S/C14H16O2Si.C13H10O3.C12H36O5Si5/c1-17(2,15-13-9-5-3-6-10-13)16-14-11-7-4-8-12-14;14-13(15-11-7-3-1-4-8-11)16-12-9-5-2-6-10-12;1-13-19(5,6)15-21(9,10)17-22(11,12)16-20(7,8)14-18(2,3)4/h3-12H,1-2H3;1-10H;1-12H3. The Bertz CT molecular complexity index is 1590. The van der Waals surface area contributed by atoms with Gasteiger partial charge in [0.1, 0.15) is 23.0 Å². The van der Waals surface area contributed by atoms with Crippen LogP contribution in [-0.2, 0) is 20.9 Å². The minimum Gasteiger partial charge on any atom is -0.512 e. The van der Waals surface area contributed by atoms with E-state index < -0.39 is 57.3 Å². The number of hydrogen-bond acceptors (Lipinski definition) is 10. The zero-order valence-corrected chi connectivity index (χ0v) is 41.1. The number of carbonyl (C=O) groups excluding carboxylic acids is 1. The fraction of sp³-hybridized carbons (Fsp3) is 0.359. The van der Waals surface area contributed by atoms with Crippen LogP contribution in [0.1, 0.15) is 0 Å². The molecule has 0 bridgehead atoms. The molecule has 4 rings (SSSR count). The molecule has 10 nitrogen and oxygen atoms in total. The van der Waals surface area contributed by atoms with Gasteiger partial charge in [0.15, 0.2) is 8.32 Å². The second-order valence-corrected chi connectivity index (χ2v) is 37.9. The lowest BCUT2D eigenvalue weighted by Gasteiger charge is -2.41. The molecular formula is C39H62O10Si6.